The number of aromatic nitrogens is 1. The van der Waals surface area contributed by atoms with Gasteiger partial charge in [-0.3, -0.25) is 4.79 Å². The molecule has 0 radical (unpaired) electrons. The van der Waals surface area contributed by atoms with Gasteiger partial charge in [-0.1, -0.05) is 18.2 Å². The lowest BCUT2D eigenvalue weighted by molar-refractivity contribution is -0.135. The van der Waals surface area contributed by atoms with Crippen LogP contribution in [0.15, 0.2) is 30.3 Å². The summed E-state index contributed by atoms with van der Waals surface area (Å²) in [7, 11) is 0. The molecule has 1 unspecified atom stereocenters. The van der Waals surface area contributed by atoms with Crippen molar-refractivity contribution in [2.24, 2.45) is 0 Å². The third-order valence-corrected chi connectivity index (χ3v) is 3.90. The molecule has 1 aliphatic heterocycles. The molecule has 3 rings (SSSR count). The molecule has 1 aliphatic rings. The van der Waals surface area contributed by atoms with E-state index in [0.717, 1.165) is 16.6 Å². The maximum atomic E-state index is 12.5. The van der Waals surface area contributed by atoms with Gasteiger partial charge in [0, 0.05) is 24.2 Å². The first-order valence-corrected chi connectivity index (χ1v) is 7.62. The van der Waals surface area contributed by atoms with Gasteiger partial charge >= 0.3 is 0 Å². The molecule has 1 aromatic carbocycles. The van der Waals surface area contributed by atoms with Crippen LogP contribution in [0.1, 0.15) is 12.6 Å². The molecule has 23 heavy (non-hydrogen) atoms. The van der Waals surface area contributed by atoms with E-state index in [2.05, 4.69) is 16.4 Å². The lowest BCUT2D eigenvalue weighted by atomic mass is 10.1. The molecule has 6 heteroatoms. The third-order valence-electron chi connectivity index (χ3n) is 3.90. The number of fused-ring (bicyclic) bond motifs is 1. The zero-order valence-electron chi connectivity index (χ0n) is 13.0. The molecular formula is C17H18N4O2. The number of rotatable bonds is 3. The summed E-state index contributed by atoms with van der Waals surface area (Å²) >= 11 is 0. The molecular weight excluding hydrogens is 292 g/mol. The van der Waals surface area contributed by atoms with Gasteiger partial charge in [0.15, 0.2) is 0 Å². The van der Waals surface area contributed by atoms with Crippen molar-refractivity contribution < 1.29 is 9.53 Å². The second kappa shape index (κ2) is 6.63. The Labute approximate surface area is 134 Å². The molecule has 1 N–H and O–H groups in total. The number of nitrogens with zero attached hydrogens (tertiary/aromatic N) is 3. The van der Waals surface area contributed by atoms with Gasteiger partial charge in [0.25, 0.3) is 0 Å². The van der Waals surface area contributed by atoms with Gasteiger partial charge in [-0.05, 0) is 19.1 Å². The number of amides is 1. The Morgan fingerprint density at radius 1 is 1.39 bits per heavy atom. The lowest BCUT2D eigenvalue weighted by Crippen LogP contribution is -2.47. The van der Waals surface area contributed by atoms with Crippen LogP contribution in [0.4, 0.5) is 5.69 Å². The summed E-state index contributed by atoms with van der Waals surface area (Å²) in [5.74, 6) is 0.0349. The Hall–Kier alpha value is -2.65. The fraction of sp³-hybridized carbons (Fsp3) is 0.353. The van der Waals surface area contributed by atoms with Crippen LogP contribution in [0.5, 0.6) is 0 Å². The van der Waals surface area contributed by atoms with Crippen molar-refractivity contribution >= 4 is 22.5 Å². The van der Waals surface area contributed by atoms with Crippen molar-refractivity contribution in [1.82, 2.24) is 9.88 Å². The number of anilines is 1. The fourth-order valence-corrected chi connectivity index (χ4v) is 2.70. The number of para-hydroxylation sites is 1. The minimum absolute atomic E-state index is 0.0349. The minimum Gasteiger partial charge on any atom is -0.378 e. The Morgan fingerprint density at radius 3 is 2.87 bits per heavy atom. The first kappa shape index (κ1) is 15.3. The molecule has 0 bridgehead atoms. The lowest BCUT2D eigenvalue weighted by Gasteiger charge is -2.30. The van der Waals surface area contributed by atoms with Crippen molar-refractivity contribution in [3.63, 3.8) is 0 Å². The highest BCUT2D eigenvalue weighted by molar-refractivity contribution is 5.94. The smallest absolute Gasteiger partial charge is 0.244 e. The average Bonchev–Trinajstić information content (AvgIpc) is 2.61. The van der Waals surface area contributed by atoms with E-state index in [9.17, 15) is 4.79 Å². The highest BCUT2D eigenvalue weighted by Gasteiger charge is 2.22. The number of hydrogen-bond donors (Lipinski definition) is 1. The standard InChI is InChI=1S/C17H18N4O2/c1-12(17(22)21-6-8-23-9-7-21)19-16-10-13(11-18)20-15-5-3-2-4-14(15)16/h2-5,10,12H,6-9H2,1H3,(H,19,20). The second-order valence-electron chi connectivity index (χ2n) is 5.49. The summed E-state index contributed by atoms with van der Waals surface area (Å²) in [6.07, 6.45) is 0. The fourth-order valence-electron chi connectivity index (χ4n) is 2.70. The Morgan fingerprint density at radius 2 is 2.13 bits per heavy atom. The highest BCUT2D eigenvalue weighted by Crippen LogP contribution is 2.24. The second-order valence-corrected chi connectivity index (χ2v) is 5.49. The summed E-state index contributed by atoms with van der Waals surface area (Å²) in [4.78, 5) is 18.6. The highest BCUT2D eigenvalue weighted by atomic mass is 16.5. The van der Waals surface area contributed by atoms with E-state index in [-0.39, 0.29) is 11.9 Å². The van der Waals surface area contributed by atoms with Gasteiger partial charge in [-0.2, -0.15) is 5.26 Å². The first-order chi connectivity index (χ1) is 11.2. The summed E-state index contributed by atoms with van der Waals surface area (Å²) in [6.45, 7) is 4.22. The van der Waals surface area contributed by atoms with Crippen LogP contribution in [-0.4, -0.2) is 48.1 Å². The maximum Gasteiger partial charge on any atom is 0.244 e. The average molecular weight is 310 g/mol. The molecule has 6 nitrogen and oxygen atoms in total. The minimum atomic E-state index is -0.384. The number of hydrogen-bond acceptors (Lipinski definition) is 5. The van der Waals surface area contributed by atoms with Crippen LogP contribution in [0.2, 0.25) is 0 Å². The van der Waals surface area contributed by atoms with Crippen LogP contribution in [0.3, 0.4) is 0 Å². The molecule has 118 valence electrons. The number of nitriles is 1. The third kappa shape index (κ3) is 3.25. The molecule has 2 aromatic rings. The zero-order chi connectivity index (χ0) is 16.2. The van der Waals surface area contributed by atoms with Gasteiger partial charge in [0.2, 0.25) is 5.91 Å². The van der Waals surface area contributed by atoms with Crippen LogP contribution in [-0.2, 0) is 9.53 Å². The van der Waals surface area contributed by atoms with E-state index < -0.39 is 0 Å². The normalized spacial score (nSPS) is 15.9. The molecule has 0 aliphatic carbocycles. The Kier molecular flexibility index (Phi) is 4.40. The largest absolute Gasteiger partial charge is 0.378 e. The number of nitrogens with one attached hydrogen (secondary N) is 1. The van der Waals surface area contributed by atoms with Crippen LogP contribution in [0, 0.1) is 11.3 Å². The summed E-state index contributed by atoms with van der Waals surface area (Å²) in [5, 5.41) is 13.3. The molecule has 2 heterocycles. The SMILES string of the molecule is CC(Nc1cc(C#N)nc2ccccc12)C(=O)N1CCOCC1. The molecule has 0 spiro atoms. The molecule has 0 saturated carbocycles. The predicted molar refractivity (Wildman–Crippen MR) is 86.9 cm³/mol. The van der Waals surface area contributed by atoms with Crippen LogP contribution < -0.4 is 5.32 Å². The summed E-state index contributed by atoms with van der Waals surface area (Å²) in [5.41, 5.74) is 1.82. The maximum absolute atomic E-state index is 12.5. The summed E-state index contributed by atoms with van der Waals surface area (Å²) in [6, 6.07) is 10.9. The van der Waals surface area contributed by atoms with E-state index in [4.69, 9.17) is 10.00 Å². The quantitative estimate of drug-likeness (QED) is 0.934. The van der Waals surface area contributed by atoms with Gasteiger partial charge in [0.05, 0.1) is 18.7 Å². The Bertz CT molecular complexity index is 763. The molecule has 1 atom stereocenters. The van der Waals surface area contributed by atoms with Gasteiger partial charge in [-0.15, -0.1) is 0 Å². The molecule has 1 amide bonds. The van der Waals surface area contributed by atoms with Gasteiger partial charge in [0.1, 0.15) is 17.8 Å². The van der Waals surface area contributed by atoms with Crippen molar-refractivity contribution in [2.45, 2.75) is 13.0 Å². The van der Waals surface area contributed by atoms with E-state index in [1.54, 1.807) is 11.0 Å². The van der Waals surface area contributed by atoms with E-state index in [1.165, 1.54) is 0 Å². The van der Waals surface area contributed by atoms with Gasteiger partial charge in [-0.25, -0.2) is 4.98 Å². The number of pyridine rings is 1. The van der Waals surface area contributed by atoms with E-state index in [1.807, 2.05) is 31.2 Å². The number of benzene rings is 1. The van der Waals surface area contributed by atoms with Crippen molar-refractivity contribution in [3.05, 3.63) is 36.0 Å². The monoisotopic (exact) mass is 310 g/mol. The topological polar surface area (TPSA) is 78.2 Å². The molecule has 1 fully saturated rings. The zero-order valence-corrected chi connectivity index (χ0v) is 13.0. The number of carbonyl (C=O) groups excluding carboxylic acids is 1. The van der Waals surface area contributed by atoms with Gasteiger partial charge < -0.3 is 15.0 Å². The summed E-state index contributed by atoms with van der Waals surface area (Å²) < 4.78 is 5.28. The van der Waals surface area contributed by atoms with Crippen molar-refractivity contribution in [3.8, 4) is 6.07 Å². The van der Waals surface area contributed by atoms with Crippen molar-refractivity contribution in [1.29, 1.82) is 5.26 Å². The van der Waals surface area contributed by atoms with E-state index in [0.29, 0.717) is 32.0 Å². The number of ether oxygens (including phenoxy) is 1. The first-order valence-electron chi connectivity index (χ1n) is 7.62. The Balaban J connectivity index is 1.85. The van der Waals surface area contributed by atoms with E-state index >= 15 is 0 Å². The number of carbonyl (C=O) groups is 1. The number of morpholine rings is 1. The van der Waals surface area contributed by atoms with Crippen LogP contribution >= 0.6 is 0 Å². The van der Waals surface area contributed by atoms with Crippen LogP contribution in [0.25, 0.3) is 10.9 Å². The van der Waals surface area contributed by atoms with Crippen molar-refractivity contribution in [2.75, 3.05) is 31.6 Å². The molecule has 1 aromatic heterocycles. The predicted octanol–water partition coefficient (Wildman–Crippen LogP) is 1.77. The molecule has 1 saturated heterocycles.